The molecule has 0 N–H and O–H groups in total. The van der Waals surface area contributed by atoms with Gasteiger partial charge in [0.15, 0.2) is 0 Å². The third-order valence-corrected chi connectivity index (χ3v) is 0. The zero-order chi connectivity index (χ0) is 0. The molecule has 0 bridgehead atoms. The molecule has 0 aliphatic heterocycles. The Morgan fingerprint density at radius 1 is 1.00 bits per heavy atom. The Labute approximate surface area is 102 Å². The van der Waals surface area contributed by atoms with Crippen molar-refractivity contribution >= 4 is 68.5 Å². The summed E-state index contributed by atoms with van der Waals surface area (Å²) in [5.74, 6) is 0. The fraction of sp³-hybridized carbons (Fsp3) is 0. The minimum atomic E-state index is 0. The normalized spacial score (nSPS) is 0. The SMILES string of the molecule is [Fe].[KH].[SeH2].[Zn]. The van der Waals surface area contributed by atoms with E-state index in [1.807, 2.05) is 0 Å². The monoisotopic (exact) mass is 242 g/mol. The van der Waals surface area contributed by atoms with Crippen LogP contribution in [0.4, 0.5) is 0 Å². The third-order valence-electron chi connectivity index (χ3n) is 0. The van der Waals surface area contributed by atoms with Gasteiger partial charge in [0.05, 0.1) is 0 Å². The molecule has 0 aromatic carbocycles. The molecule has 0 saturated heterocycles. The van der Waals surface area contributed by atoms with Crippen LogP contribution in [-0.2, 0) is 36.5 Å². The smallest absolute Gasteiger partial charge is 0 e. The predicted octanol–water partition coefficient (Wildman–Crippen LogP) is -1.57. The van der Waals surface area contributed by atoms with Crippen LogP contribution >= 0.6 is 0 Å². The molecule has 0 amide bonds. The van der Waals surface area contributed by atoms with Crippen molar-refractivity contribution in [3.8, 4) is 0 Å². The van der Waals surface area contributed by atoms with Crippen LogP contribution in [0.25, 0.3) is 0 Å². The first-order valence-corrected chi connectivity index (χ1v) is 0. The Morgan fingerprint density at radius 2 is 1.00 bits per heavy atom. The first-order valence-electron chi connectivity index (χ1n) is 0. The van der Waals surface area contributed by atoms with Crippen molar-refractivity contribution in [2.45, 2.75) is 0 Å². The molecule has 0 aromatic rings. The van der Waals surface area contributed by atoms with Gasteiger partial charge in [0.25, 0.3) is 0 Å². The molecular formula is H3FeKSeZn. The van der Waals surface area contributed by atoms with Gasteiger partial charge in [0, 0.05) is 36.5 Å². The van der Waals surface area contributed by atoms with Gasteiger partial charge in [-0.25, -0.2) is 0 Å². The van der Waals surface area contributed by atoms with Gasteiger partial charge in [0.2, 0.25) is 0 Å². The van der Waals surface area contributed by atoms with E-state index in [2.05, 4.69) is 0 Å². The van der Waals surface area contributed by atoms with E-state index >= 15 is 0 Å². The maximum Gasteiger partial charge on any atom is 0 e. The van der Waals surface area contributed by atoms with Crippen LogP contribution in [0.3, 0.4) is 0 Å². The van der Waals surface area contributed by atoms with Gasteiger partial charge in [-0.2, -0.15) is 0 Å². The van der Waals surface area contributed by atoms with Crippen LogP contribution in [0.5, 0.6) is 0 Å². The molecule has 0 heterocycles. The number of hydrogen-bond acceptors (Lipinski definition) is 0. The van der Waals surface area contributed by atoms with Crippen LogP contribution in [0, 0.1) is 0 Å². The van der Waals surface area contributed by atoms with E-state index in [4.69, 9.17) is 0 Å². The topological polar surface area (TPSA) is 0 Å². The Hall–Kier alpha value is 3.30. The fourth-order valence-electron chi connectivity index (χ4n) is 0. The van der Waals surface area contributed by atoms with Crippen molar-refractivity contribution in [3.63, 3.8) is 0 Å². The van der Waals surface area contributed by atoms with E-state index in [-0.39, 0.29) is 105 Å². The molecule has 0 spiro atoms. The summed E-state index contributed by atoms with van der Waals surface area (Å²) >= 11 is 0. The largest absolute Gasteiger partial charge is 0 e. The molecule has 4 heteroatoms. The van der Waals surface area contributed by atoms with Gasteiger partial charge in [-0.1, -0.05) is 0 Å². The Morgan fingerprint density at radius 3 is 1.00 bits per heavy atom. The zero-order valence-corrected chi connectivity index (χ0v) is 7.73. The van der Waals surface area contributed by atoms with Crippen LogP contribution in [0.2, 0.25) is 0 Å². The zero-order valence-electron chi connectivity index (χ0n) is 1.56. The summed E-state index contributed by atoms with van der Waals surface area (Å²) < 4.78 is 0. The van der Waals surface area contributed by atoms with Gasteiger partial charge in [-0.05, 0) is 0 Å². The molecule has 0 atom stereocenters. The van der Waals surface area contributed by atoms with Crippen LogP contribution in [0.1, 0.15) is 0 Å². The van der Waals surface area contributed by atoms with Crippen molar-refractivity contribution in [2.24, 2.45) is 0 Å². The van der Waals surface area contributed by atoms with Gasteiger partial charge in [0.1, 0.15) is 0 Å². The number of rotatable bonds is 0. The van der Waals surface area contributed by atoms with Gasteiger partial charge in [-0.3, -0.25) is 0 Å². The molecule has 0 unspecified atom stereocenters. The summed E-state index contributed by atoms with van der Waals surface area (Å²) in [7, 11) is 0. The molecule has 0 nitrogen and oxygen atoms in total. The summed E-state index contributed by atoms with van der Waals surface area (Å²) in [6.45, 7) is 0. The first-order chi connectivity index (χ1) is 0. The molecule has 20 valence electrons. The van der Waals surface area contributed by atoms with Crippen molar-refractivity contribution in [3.05, 3.63) is 0 Å². The second-order valence-electron chi connectivity index (χ2n) is 0. The molecule has 0 aromatic heterocycles. The molecule has 4 heavy (non-hydrogen) atoms. The summed E-state index contributed by atoms with van der Waals surface area (Å²) in [4.78, 5) is 0. The van der Waals surface area contributed by atoms with Crippen LogP contribution < -0.4 is 0 Å². The molecule has 0 saturated carbocycles. The van der Waals surface area contributed by atoms with E-state index in [1.54, 1.807) is 0 Å². The summed E-state index contributed by atoms with van der Waals surface area (Å²) in [5.41, 5.74) is 0. The summed E-state index contributed by atoms with van der Waals surface area (Å²) in [6.07, 6.45) is 0. The summed E-state index contributed by atoms with van der Waals surface area (Å²) in [5, 5.41) is 0. The molecule has 0 rings (SSSR count). The van der Waals surface area contributed by atoms with Gasteiger partial charge >= 0.3 is 68.5 Å². The Bertz CT molecular complexity index is 8.00. The molecule has 0 aliphatic carbocycles. The van der Waals surface area contributed by atoms with Crippen molar-refractivity contribution in [1.29, 1.82) is 0 Å². The third kappa shape index (κ3) is 9.00. The second-order valence-corrected chi connectivity index (χ2v) is 0. The number of hydrogen-bond donors (Lipinski definition) is 0. The Balaban J connectivity index is 0. The van der Waals surface area contributed by atoms with Crippen molar-refractivity contribution in [1.82, 2.24) is 0 Å². The van der Waals surface area contributed by atoms with E-state index in [0.717, 1.165) is 0 Å². The average molecular weight is 242 g/mol. The minimum Gasteiger partial charge on any atom is 0 e. The van der Waals surface area contributed by atoms with E-state index in [1.165, 1.54) is 0 Å². The quantitative estimate of drug-likeness (QED) is 0.450. The van der Waals surface area contributed by atoms with Crippen LogP contribution in [-0.4, -0.2) is 68.5 Å². The molecular weight excluding hydrogens is 239 g/mol. The molecule has 0 radical (unpaired) electrons. The van der Waals surface area contributed by atoms with Crippen molar-refractivity contribution < 1.29 is 36.5 Å². The standard InChI is InChI=1S/Fe.K.H2Se.Zn.H/h;;1H2;;. The van der Waals surface area contributed by atoms with Gasteiger partial charge < -0.3 is 0 Å². The average Bonchev–Trinajstić information content (AvgIpc) is 0. The Kier molecular flexibility index (Phi) is 108. The maximum absolute atomic E-state index is 0. The van der Waals surface area contributed by atoms with Crippen molar-refractivity contribution in [2.75, 3.05) is 0 Å². The minimum absolute atomic E-state index is 0. The van der Waals surface area contributed by atoms with E-state index in [0.29, 0.717) is 0 Å². The molecule has 0 fully saturated rings. The molecule has 0 aliphatic rings. The van der Waals surface area contributed by atoms with E-state index in [9.17, 15) is 0 Å². The summed E-state index contributed by atoms with van der Waals surface area (Å²) in [6, 6.07) is 0. The second kappa shape index (κ2) is 16.3. The predicted molar refractivity (Wildman–Crippen MR) is 15.7 cm³/mol. The van der Waals surface area contributed by atoms with Gasteiger partial charge in [-0.15, -0.1) is 0 Å². The van der Waals surface area contributed by atoms with Crippen LogP contribution in [0.15, 0.2) is 0 Å². The van der Waals surface area contributed by atoms with E-state index < -0.39 is 0 Å². The maximum atomic E-state index is 0. The first kappa shape index (κ1) is 26.6. The fourth-order valence-corrected chi connectivity index (χ4v) is 0.